The molecule has 1 saturated heterocycles. The van der Waals surface area contributed by atoms with Crippen molar-refractivity contribution >= 4 is 27.5 Å². The highest BCUT2D eigenvalue weighted by Gasteiger charge is 2.55. The number of nitrogens with zero attached hydrogens (tertiary/aromatic N) is 2. The molecule has 0 bridgehead atoms. The van der Waals surface area contributed by atoms with Gasteiger partial charge in [0.1, 0.15) is 0 Å². The smallest absolute Gasteiger partial charge is 0.0545 e. The summed E-state index contributed by atoms with van der Waals surface area (Å²) < 4.78 is 2.49. The minimum absolute atomic E-state index is 0.0316. The van der Waals surface area contributed by atoms with Crippen LogP contribution in [-0.4, -0.2) is 16.7 Å². The van der Waals surface area contributed by atoms with Crippen molar-refractivity contribution in [1.82, 2.24) is 4.57 Å². The predicted molar refractivity (Wildman–Crippen MR) is 245 cm³/mol. The molecule has 0 N–H and O–H groups in total. The van der Waals surface area contributed by atoms with Crippen LogP contribution < -0.4 is 4.90 Å². The van der Waals surface area contributed by atoms with Crippen LogP contribution in [0.3, 0.4) is 0 Å². The lowest BCUT2D eigenvalue weighted by molar-refractivity contribution is 0.154. The molecule has 2 aliphatic carbocycles. The molecule has 58 heavy (non-hydrogen) atoms. The number of rotatable bonds is 6. The number of aromatic nitrogens is 1. The molecule has 7 aromatic carbocycles. The Morgan fingerprint density at radius 1 is 0.483 bits per heavy atom. The first-order valence-electron chi connectivity index (χ1n) is 21.1. The maximum atomic E-state index is 2.83. The van der Waals surface area contributed by atoms with Gasteiger partial charge in [-0.2, -0.15) is 0 Å². The molecule has 2 heterocycles. The molecule has 1 saturated carbocycles. The quantitative estimate of drug-likeness (QED) is 0.164. The van der Waals surface area contributed by atoms with E-state index in [9.17, 15) is 0 Å². The van der Waals surface area contributed by atoms with Gasteiger partial charge in [0.15, 0.2) is 0 Å². The number of para-hydroxylation sites is 1. The molecule has 0 spiro atoms. The molecule has 1 aliphatic heterocycles. The summed E-state index contributed by atoms with van der Waals surface area (Å²) in [5, 5.41) is 2.62. The lowest BCUT2D eigenvalue weighted by Gasteiger charge is -2.47. The Bertz CT molecular complexity index is 2770. The molecule has 0 radical (unpaired) electrons. The Labute approximate surface area is 342 Å². The molecule has 6 unspecified atom stereocenters. The van der Waals surface area contributed by atoms with Crippen LogP contribution in [0.15, 0.2) is 200 Å². The topological polar surface area (TPSA) is 8.17 Å². The molecule has 2 nitrogen and oxygen atoms in total. The van der Waals surface area contributed by atoms with Crippen LogP contribution in [0.25, 0.3) is 60.9 Å². The SMILES string of the molecule is CC1CC(C)(c2ccc3c4ccccc4n(-c4ccc(-c5ccccc5)cc4)c3c2)CC2C3C=CC=CC3N(c3cc(-c4ccccc4)cc(-c4ccccc4)c3)C12. The van der Waals surface area contributed by atoms with Gasteiger partial charge in [-0.3, -0.25) is 0 Å². The van der Waals surface area contributed by atoms with Crippen LogP contribution in [-0.2, 0) is 5.41 Å². The molecular weight excluding hydrogens is 701 g/mol. The van der Waals surface area contributed by atoms with E-state index in [1.807, 2.05) is 0 Å². The zero-order valence-corrected chi connectivity index (χ0v) is 33.2. The minimum Gasteiger partial charge on any atom is -0.361 e. The number of hydrogen-bond acceptors (Lipinski definition) is 1. The summed E-state index contributed by atoms with van der Waals surface area (Å²) in [4.78, 5) is 2.83. The van der Waals surface area contributed by atoms with Gasteiger partial charge < -0.3 is 9.47 Å². The average Bonchev–Trinajstić information content (AvgIpc) is 3.80. The van der Waals surface area contributed by atoms with Crippen molar-refractivity contribution in [2.75, 3.05) is 4.90 Å². The largest absolute Gasteiger partial charge is 0.361 e. The maximum absolute atomic E-state index is 2.83. The Morgan fingerprint density at radius 3 is 1.72 bits per heavy atom. The number of fused-ring (bicyclic) bond motifs is 6. The number of hydrogen-bond donors (Lipinski definition) is 0. The van der Waals surface area contributed by atoms with Crippen molar-refractivity contribution < 1.29 is 0 Å². The molecule has 1 aromatic heterocycles. The van der Waals surface area contributed by atoms with E-state index in [1.165, 1.54) is 72.1 Å². The molecule has 11 rings (SSSR count). The van der Waals surface area contributed by atoms with Gasteiger partial charge in [0.25, 0.3) is 0 Å². The summed E-state index contributed by atoms with van der Waals surface area (Å²) in [7, 11) is 0. The fourth-order valence-corrected chi connectivity index (χ4v) is 11.3. The monoisotopic (exact) mass is 748 g/mol. The Hall–Kier alpha value is -6.38. The first-order chi connectivity index (χ1) is 28.5. The summed E-state index contributed by atoms with van der Waals surface area (Å²) >= 11 is 0. The van der Waals surface area contributed by atoms with Gasteiger partial charge in [-0.05, 0) is 112 Å². The van der Waals surface area contributed by atoms with Crippen LogP contribution >= 0.6 is 0 Å². The van der Waals surface area contributed by atoms with Crippen LogP contribution in [0.5, 0.6) is 0 Å². The highest BCUT2D eigenvalue weighted by molar-refractivity contribution is 6.09. The lowest BCUT2D eigenvalue weighted by Crippen LogP contribution is -2.48. The molecule has 3 aliphatic rings. The second-order valence-corrected chi connectivity index (χ2v) is 17.3. The third-order valence-corrected chi connectivity index (χ3v) is 13.8. The van der Waals surface area contributed by atoms with Crippen LogP contribution in [0.1, 0.15) is 32.3 Å². The van der Waals surface area contributed by atoms with E-state index in [2.05, 4.69) is 224 Å². The Balaban J connectivity index is 0.994. The zero-order valence-electron chi connectivity index (χ0n) is 33.2. The Morgan fingerprint density at radius 2 is 1.05 bits per heavy atom. The second kappa shape index (κ2) is 13.9. The van der Waals surface area contributed by atoms with E-state index in [4.69, 9.17) is 0 Å². The van der Waals surface area contributed by atoms with E-state index >= 15 is 0 Å². The third-order valence-electron chi connectivity index (χ3n) is 13.8. The standard InChI is InChI=1S/C56H48N2/c1-38-36-56(2,45-28-31-50-48-22-12-14-24-52(48)57(54(50)35-45)46-29-26-42(27-30-46)39-16-6-3-7-17-39)37-51-49-23-13-15-25-53(49)58(55(38)51)47-33-43(40-18-8-4-9-19-40)32-44(34-47)41-20-10-5-11-21-41/h3-35,38,49,51,53,55H,36-37H2,1-2H3. The van der Waals surface area contributed by atoms with Crippen molar-refractivity contribution in [3.63, 3.8) is 0 Å². The van der Waals surface area contributed by atoms with Gasteiger partial charge in [-0.15, -0.1) is 0 Å². The van der Waals surface area contributed by atoms with Crippen molar-refractivity contribution in [2.24, 2.45) is 17.8 Å². The van der Waals surface area contributed by atoms with E-state index < -0.39 is 0 Å². The van der Waals surface area contributed by atoms with Gasteiger partial charge >= 0.3 is 0 Å². The van der Waals surface area contributed by atoms with Crippen molar-refractivity contribution in [1.29, 1.82) is 0 Å². The van der Waals surface area contributed by atoms with Crippen molar-refractivity contribution in [2.45, 2.75) is 44.2 Å². The van der Waals surface area contributed by atoms with E-state index in [0.29, 0.717) is 29.8 Å². The average molecular weight is 749 g/mol. The summed E-state index contributed by atoms with van der Waals surface area (Å²) in [6, 6.07) is 66.0. The molecule has 0 amide bonds. The molecule has 6 atom stereocenters. The molecule has 2 fully saturated rings. The highest BCUT2D eigenvalue weighted by atomic mass is 15.2. The van der Waals surface area contributed by atoms with E-state index in [0.717, 1.165) is 12.8 Å². The van der Waals surface area contributed by atoms with Crippen LogP contribution in [0, 0.1) is 17.8 Å². The van der Waals surface area contributed by atoms with Crippen LogP contribution in [0.4, 0.5) is 5.69 Å². The highest BCUT2D eigenvalue weighted by Crippen LogP contribution is 2.56. The number of anilines is 1. The first-order valence-corrected chi connectivity index (χ1v) is 21.1. The maximum Gasteiger partial charge on any atom is 0.0545 e. The molecule has 282 valence electrons. The van der Waals surface area contributed by atoms with Gasteiger partial charge in [0, 0.05) is 34.1 Å². The third kappa shape index (κ3) is 5.77. The zero-order chi connectivity index (χ0) is 38.8. The van der Waals surface area contributed by atoms with Gasteiger partial charge in [-0.1, -0.05) is 172 Å². The van der Waals surface area contributed by atoms with Gasteiger partial charge in [0.2, 0.25) is 0 Å². The van der Waals surface area contributed by atoms with Crippen molar-refractivity contribution in [3.05, 3.63) is 206 Å². The predicted octanol–water partition coefficient (Wildman–Crippen LogP) is 14.1. The lowest BCUT2D eigenvalue weighted by atomic mass is 9.60. The fraction of sp³-hybridized carbons (Fsp3) is 0.179. The van der Waals surface area contributed by atoms with Crippen LogP contribution in [0.2, 0.25) is 0 Å². The molecule has 2 heteroatoms. The molecule has 8 aromatic rings. The van der Waals surface area contributed by atoms with Crippen molar-refractivity contribution in [3.8, 4) is 39.1 Å². The summed E-state index contributed by atoms with van der Waals surface area (Å²) in [5.74, 6) is 1.47. The summed E-state index contributed by atoms with van der Waals surface area (Å²) in [6.07, 6.45) is 11.9. The Kier molecular flexibility index (Phi) is 8.36. The summed E-state index contributed by atoms with van der Waals surface area (Å²) in [5.41, 5.74) is 14.1. The normalized spacial score (nSPS) is 23.6. The molecular formula is C56H48N2. The van der Waals surface area contributed by atoms with Gasteiger partial charge in [-0.25, -0.2) is 0 Å². The fourth-order valence-electron chi connectivity index (χ4n) is 11.3. The number of allylic oxidation sites excluding steroid dienone is 2. The van der Waals surface area contributed by atoms with E-state index in [-0.39, 0.29) is 5.41 Å². The van der Waals surface area contributed by atoms with Gasteiger partial charge in [0.05, 0.1) is 17.1 Å². The summed E-state index contributed by atoms with van der Waals surface area (Å²) in [6.45, 7) is 5.10. The first kappa shape index (κ1) is 34.8. The number of benzene rings is 7. The van der Waals surface area contributed by atoms with E-state index in [1.54, 1.807) is 0 Å². The minimum atomic E-state index is 0.0316. The second-order valence-electron chi connectivity index (χ2n) is 17.3.